The first-order valence-electron chi connectivity index (χ1n) is 7.11. The second-order valence-corrected chi connectivity index (χ2v) is 5.60. The summed E-state index contributed by atoms with van der Waals surface area (Å²) in [6, 6.07) is 8.80. The van der Waals surface area contributed by atoms with Crippen LogP contribution in [-0.2, 0) is 0 Å². The molecule has 0 aliphatic heterocycles. The fourth-order valence-corrected chi connectivity index (χ4v) is 2.76. The van der Waals surface area contributed by atoms with Gasteiger partial charge in [0.15, 0.2) is 5.96 Å². The highest BCUT2D eigenvalue weighted by molar-refractivity contribution is 6.34. The molecule has 0 bridgehead atoms. The average Bonchev–Trinajstić information content (AvgIpc) is 2.54. The summed E-state index contributed by atoms with van der Waals surface area (Å²) in [5.74, 6) is -0.807. The minimum absolute atomic E-state index is 0.285. The van der Waals surface area contributed by atoms with E-state index in [0.29, 0.717) is 16.1 Å². The summed E-state index contributed by atoms with van der Waals surface area (Å²) in [5.41, 5.74) is 14.1. The summed E-state index contributed by atoms with van der Waals surface area (Å²) in [7, 11) is 0. The molecule has 0 atom stereocenters. The molecule has 6 nitrogen and oxygen atoms in total. The first kappa shape index (κ1) is 15.9. The molecule has 0 spiro atoms. The second kappa shape index (κ2) is 6.25. The molecule has 120 valence electrons. The van der Waals surface area contributed by atoms with Crippen LogP contribution >= 0.6 is 11.6 Å². The maximum atomic E-state index is 12.1. The molecule has 0 radical (unpaired) electrons. The maximum Gasteiger partial charge on any atom is 0.280 e. The molecule has 7 heteroatoms. The minimum atomic E-state index is -0.522. The number of aromatic nitrogens is 2. The molecule has 2 aromatic heterocycles. The smallest absolute Gasteiger partial charge is 0.280 e. The average molecular weight is 340 g/mol. The summed E-state index contributed by atoms with van der Waals surface area (Å²) >= 11 is 6.38. The van der Waals surface area contributed by atoms with Crippen molar-refractivity contribution in [3.63, 3.8) is 0 Å². The van der Waals surface area contributed by atoms with E-state index in [9.17, 15) is 4.79 Å². The second-order valence-electron chi connectivity index (χ2n) is 5.19. The lowest BCUT2D eigenvalue weighted by Crippen LogP contribution is -2.24. The van der Waals surface area contributed by atoms with E-state index >= 15 is 0 Å². The molecule has 0 aliphatic rings. The number of pyridine rings is 2. The third kappa shape index (κ3) is 2.91. The van der Waals surface area contributed by atoms with Gasteiger partial charge in [-0.2, -0.15) is 4.99 Å². The van der Waals surface area contributed by atoms with E-state index in [0.717, 1.165) is 22.2 Å². The Morgan fingerprint density at radius 1 is 1.21 bits per heavy atom. The zero-order chi connectivity index (χ0) is 17.3. The highest BCUT2D eigenvalue weighted by Crippen LogP contribution is 2.35. The summed E-state index contributed by atoms with van der Waals surface area (Å²) in [6.45, 7) is 1.90. The lowest BCUT2D eigenvalue weighted by Gasteiger charge is -2.11. The Kier molecular flexibility index (Phi) is 4.14. The Hall–Kier alpha value is -2.99. The lowest BCUT2D eigenvalue weighted by atomic mass is 9.98. The molecule has 3 rings (SSSR count). The van der Waals surface area contributed by atoms with E-state index in [4.69, 9.17) is 23.1 Å². The van der Waals surface area contributed by atoms with Crippen molar-refractivity contribution in [3.05, 3.63) is 59.0 Å². The molecule has 4 N–H and O–H groups in total. The van der Waals surface area contributed by atoms with Gasteiger partial charge in [0.1, 0.15) is 0 Å². The SMILES string of the molecule is Cc1ncccc1-c1c(Cl)cnc2ccc(C(=O)N=C(N)N)cc12. The fraction of sp³-hybridized carbons (Fsp3) is 0.0588. The van der Waals surface area contributed by atoms with E-state index in [2.05, 4.69) is 15.0 Å². The van der Waals surface area contributed by atoms with Gasteiger partial charge in [-0.3, -0.25) is 14.8 Å². The molecule has 0 fully saturated rings. The number of nitrogens with zero attached hydrogens (tertiary/aromatic N) is 3. The van der Waals surface area contributed by atoms with Gasteiger partial charge in [-0.15, -0.1) is 0 Å². The molecular weight excluding hydrogens is 326 g/mol. The van der Waals surface area contributed by atoms with Crippen LogP contribution in [0.3, 0.4) is 0 Å². The fourth-order valence-electron chi connectivity index (χ4n) is 2.51. The van der Waals surface area contributed by atoms with E-state index in [-0.39, 0.29) is 5.96 Å². The van der Waals surface area contributed by atoms with Crippen LogP contribution in [0.15, 0.2) is 47.7 Å². The van der Waals surface area contributed by atoms with Crippen molar-refractivity contribution >= 4 is 34.4 Å². The third-order valence-corrected chi connectivity index (χ3v) is 3.86. The summed E-state index contributed by atoms with van der Waals surface area (Å²) in [6.07, 6.45) is 3.30. The molecule has 0 unspecified atom stereocenters. The normalized spacial score (nSPS) is 10.6. The van der Waals surface area contributed by atoms with Crippen molar-refractivity contribution in [1.29, 1.82) is 0 Å². The molecule has 0 aliphatic carbocycles. The number of carbonyl (C=O) groups is 1. The highest BCUT2D eigenvalue weighted by atomic mass is 35.5. The van der Waals surface area contributed by atoms with Crippen LogP contribution in [0.2, 0.25) is 5.02 Å². The number of carbonyl (C=O) groups excluding carboxylic acids is 1. The van der Waals surface area contributed by atoms with E-state index in [1.807, 2.05) is 19.1 Å². The number of hydrogen-bond acceptors (Lipinski definition) is 3. The molecule has 2 heterocycles. The molecule has 3 aromatic rings. The number of rotatable bonds is 2. The van der Waals surface area contributed by atoms with Gasteiger partial charge in [-0.25, -0.2) is 0 Å². The third-order valence-electron chi connectivity index (χ3n) is 3.58. The quantitative estimate of drug-likeness (QED) is 0.551. The van der Waals surface area contributed by atoms with Crippen molar-refractivity contribution in [3.8, 4) is 11.1 Å². The van der Waals surface area contributed by atoms with Crippen molar-refractivity contribution in [2.45, 2.75) is 6.92 Å². The number of amides is 1. The van der Waals surface area contributed by atoms with Gasteiger partial charge in [-0.1, -0.05) is 17.7 Å². The molecule has 0 saturated carbocycles. The zero-order valence-electron chi connectivity index (χ0n) is 12.8. The first-order valence-corrected chi connectivity index (χ1v) is 7.49. The van der Waals surface area contributed by atoms with Gasteiger partial charge in [-0.05, 0) is 31.2 Å². The van der Waals surface area contributed by atoms with Crippen molar-refractivity contribution < 1.29 is 4.79 Å². The van der Waals surface area contributed by atoms with Crippen LogP contribution in [-0.4, -0.2) is 21.8 Å². The van der Waals surface area contributed by atoms with Crippen molar-refractivity contribution in [2.75, 3.05) is 0 Å². The number of aryl methyl sites for hydroxylation is 1. The Morgan fingerprint density at radius 2 is 2.00 bits per heavy atom. The predicted octanol–water partition coefficient (Wildman–Crippen LogP) is 2.67. The first-order chi connectivity index (χ1) is 11.5. The van der Waals surface area contributed by atoms with E-state index < -0.39 is 5.91 Å². The summed E-state index contributed by atoms with van der Waals surface area (Å²) in [4.78, 5) is 24.3. The predicted molar refractivity (Wildman–Crippen MR) is 94.9 cm³/mol. The number of benzene rings is 1. The van der Waals surface area contributed by atoms with E-state index in [1.54, 1.807) is 30.6 Å². The Bertz CT molecular complexity index is 980. The number of hydrogen-bond donors (Lipinski definition) is 2. The lowest BCUT2D eigenvalue weighted by molar-refractivity contribution is 0.100. The number of halogens is 1. The topological polar surface area (TPSA) is 107 Å². The van der Waals surface area contributed by atoms with Gasteiger partial charge < -0.3 is 11.5 Å². The summed E-state index contributed by atoms with van der Waals surface area (Å²) < 4.78 is 0. The van der Waals surface area contributed by atoms with Crippen molar-refractivity contribution in [1.82, 2.24) is 9.97 Å². The molecule has 1 aromatic carbocycles. The van der Waals surface area contributed by atoms with E-state index in [1.165, 1.54) is 0 Å². The van der Waals surface area contributed by atoms with Gasteiger partial charge in [0.2, 0.25) is 0 Å². The molecule has 24 heavy (non-hydrogen) atoms. The van der Waals surface area contributed by atoms with Crippen LogP contribution in [0, 0.1) is 6.92 Å². The van der Waals surface area contributed by atoms with Gasteiger partial charge in [0, 0.05) is 40.2 Å². The number of fused-ring (bicyclic) bond motifs is 1. The standard InChI is InChI=1S/C17H14ClN5O/c1-9-11(3-2-6-21-9)15-12-7-10(16(24)23-17(19)20)4-5-14(12)22-8-13(15)18/h2-8H,1H3,(H4,19,20,23,24). The molecular formula is C17H14ClN5O. The Morgan fingerprint density at radius 3 is 2.71 bits per heavy atom. The Labute approximate surface area is 143 Å². The Balaban J connectivity index is 2.29. The number of nitrogens with two attached hydrogens (primary N) is 2. The van der Waals surface area contributed by atoms with Crippen LogP contribution in [0.4, 0.5) is 0 Å². The van der Waals surface area contributed by atoms with Gasteiger partial charge in [0.25, 0.3) is 5.91 Å². The highest BCUT2D eigenvalue weighted by Gasteiger charge is 2.14. The summed E-state index contributed by atoms with van der Waals surface area (Å²) in [5, 5.41) is 1.21. The van der Waals surface area contributed by atoms with Crippen LogP contribution < -0.4 is 11.5 Å². The number of guanidine groups is 1. The number of aliphatic imine (C=N–C) groups is 1. The van der Waals surface area contributed by atoms with Crippen LogP contribution in [0.5, 0.6) is 0 Å². The van der Waals surface area contributed by atoms with Gasteiger partial charge in [0.05, 0.1) is 10.5 Å². The van der Waals surface area contributed by atoms with Gasteiger partial charge >= 0.3 is 0 Å². The van der Waals surface area contributed by atoms with Crippen LogP contribution in [0.25, 0.3) is 22.0 Å². The molecule has 0 saturated heterocycles. The largest absolute Gasteiger partial charge is 0.370 e. The minimum Gasteiger partial charge on any atom is -0.370 e. The zero-order valence-corrected chi connectivity index (χ0v) is 13.6. The van der Waals surface area contributed by atoms with Crippen molar-refractivity contribution in [2.24, 2.45) is 16.5 Å². The monoisotopic (exact) mass is 339 g/mol. The maximum absolute atomic E-state index is 12.1. The van der Waals surface area contributed by atoms with Crippen LogP contribution in [0.1, 0.15) is 16.1 Å². The molecule has 1 amide bonds.